The third-order valence-corrected chi connectivity index (χ3v) is 5.25. The molecule has 0 N–H and O–H groups in total. The first kappa shape index (κ1) is 18.0. The minimum absolute atomic E-state index is 0.0664. The van der Waals surface area contributed by atoms with Crippen molar-refractivity contribution in [3.8, 4) is 11.7 Å². The molecule has 2 aromatic heterocycles. The summed E-state index contributed by atoms with van der Waals surface area (Å²) in [5.74, 6) is 1.92. The molecule has 7 heteroatoms. The van der Waals surface area contributed by atoms with E-state index in [0.717, 1.165) is 5.56 Å². The molecule has 0 bridgehead atoms. The van der Waals surface area contributed by atoms with Crippen molar-refractivity contribution in [1.82, 2.24) is 15.0 Å². The fourth-order valence-corrected chi connectivity index (χ4v) is 3.56. The molecule has 0 saturated carbocycles. The molecule has 1 fully saturated rings. The normalized spacial score (nSPS) is 17.3. The Bertz CT molecular complexity index is 946. The summed E-state index contributed by atoms with van der Waals surface area (Å²) in [7, 11) is 0. The van der Waals surface area contributed by atoms with Crippen LogP contribution >= 0.6 is 15.9 Å². The second kappa shape index (κ2) is 7.31. The van der Waals surface area contributed by atoms with Crippen molar-refractivity contribution in [1.29, 1.82) is 0 Å². The van der Waals surface area contributed by atoms with Gasteiger partial charge in [-0.3, -0.25) is 4.79 Å². The van der Waals surface area contributed by atoms with Crippen LogP contribution in [0.15, 0.2) is 50.0 Å². The predicted molar refractivity (Wildman–Crippen MR) is 103 cm³/mol. The SMILES string of the molecule is CC(C)c1ccc(CN2CC(c3noc(-c4ccc(Br)o4)n3)CC2=O)cc1. The molecule has 0 spiro atoms. The van der Waals surface area contributed by atoms with Crippen LogP contribution in [-0.4, -0.2) is 27.5 Å². The van der Waals surface area contributed by atoms with Gasteiger partial charge in [0.25, 0.3) is 5.89 Å². The Balaban J connectivity index is 1.44. The van der Waals surface area contributed by atoms with Crippen LogP contribution in [0.25, 0.3) is 11.7 Å². The maximum atomic E-state index is 12.4. The van der Waals surface area contributed by atoms with Gasteiger partial charge in [0.15, 0.2) is 16.3 Å². The van der Waals surface area contributed by atoms with Crippen molar-refractivity contribution >= 4 is 21.8 Å². The van der Waals surface area contributed by atoms with Crippen molar-refractivity contribution in [3.05, 3.63) is 58.0 Å². The Hall–Kier alpha value is -2.41. The molecule has 3 heterocycles. The number of nitrogens with zero attached hydrogens (tertiary/aromatic N) is 3. The average molecular weight is 430 g/mol. The first-order valence-electron chi connectivity index (χ1n) is 8.95. The van der Waals surface area contributed by atoms with Crippen LogP contribution in [0, 0.1) is 0 Å². The Morgan fingerprint density at radius 3 is 2.67 bits per heavy atom. The van der Waals surface area contributed by atoms with Crippen LogP contribution in [-0.2, 0) is 11.3 Å². The van der Waals surface area contributed by atoms with Gasteiger partial charge in [0.05, 0.1) is 0 Å². The summed E-state index contributed by atoms with van der Waals surface area (Å²) < 4.78 is 11.3. The molecule has 1 amide bonds. The summed E-state index contributed by atoms with van der Waals surface area (Å²) in [6.45, 7) is 5.53. The zero-order valence-electron chi connectivity index (χ0n) is 15.2. The number of rotatable bonds is 5. The summed E-state index contributed by atoms with van der Waals surface area (Å²) in [6, 6.07) is 12.0. The van der Waals surface area contributed by atoms with Crippen LogP contribution < -0.4 is 0 Å². The van der Waals surface area contributed by atoms with Crippen molar-refractivity contribution in [2.45, 2.75) is 38.6 Å². The first-order chi connectivity index (χ1) is 13.0. The lowest BCUT2D eigenvalue weighted by Crippen LogP contribution is -2.24. The van der Waals surface area contributed by atoms with E-state index < -0.39 is 0 Å². The number of amides is 1. The molecule has 1 aromatic carbocycles. The molecule has 1 aliphatic heterocycles. The highest BCUT2D eigenvalue weighted by molar-refractivity contribution is 9.10. The zero-order chi connectivity index (χ0) is 19.0. The van der Waals surface area contributed by atoms with Crippen LogP contribution in [0.4, 0.5) is 0 Å². The number of aromatic nitrogens is 2. The molecule has 140 valence electrons. The Labute approximate surface area is 165 Å². The Morgan fingerprint density at radius 2 is 2.00 bits per heavy atom. The van der Waals surface area contributed by atoms with E-state index in [1.54, 1.807) is 12.1 Å². The van der Waals surface area contributed by atoms with Gasteiger partial charge in [0, 0.05) is 25.4 Å². The number of carbonyl (C=O) groups excluding carboxylic acids is 1. The van der Waals surface area contributed by atoms with Gasteiger partial charge in [-0.2, -0.15) is 4.98 Å². The highest BCUT2D eigenvalue weighted by Gasteiger charge is 2.34. The number of likely N-dealkylation sites (tertiary alicyclic amines) is 1. The van der Waals surface area contributed by atoms with E-state index in [1.165, 1.54) is 5.56 Å². The van der Waals surface area contributed by atoms with Gasteiger partial charge >= 0.3 is 0 Å². The Kier molecular flexibility index (Phi) is 4.86. The highest BCUT2D eigenvalue weighted by Crippen LogP contribution is 2.30. The maximum absolute atomic E-state index is 12.4. The van der Waals surface area contributed by atoms with E-state index in [2.05, 4.69) is 64.2 Å². The second-order valence-electron chi connectivity index (χ2n) is 7.13. The number of carbonyl (C=O) groups is 1. The second-order valence-corrected chi connectivity index (χ2v) is 7.91. The molecule has 3 aromatic rings. The molecule has 0 radical (unpaired) electrons. The average Bonchev–Trinajstić information content (AvgIpc) is 3.36. The van der Waals surface area contributed by atoms with Gasteiger partial charge in [-0.15, -0.1) is 0 Å². The molecule has 1 aliphatic rings. The lowest BCUT2D eigenvalue weighted by atomic mass is 10.0. The van der Waals surface area contributed by atoms with E-state index in [4.69, 9.17) is 8.94 Å². The fraction of sp³-hybridized carbons (Fsp3) is 0.350. The number of halogens is 1. The van der Waals surface area contributed by atoms with E-state index in [9.17, 15) is 4.79 Å². The number of benzene rings is 1. The minimum Gasteiger partial charge on any atom is -0.444 e. The molecular formula is C20H20BrN3O3. The molecule has 1 atom stereocenters. The van der Waals surface area contributed by atoms with Gasteiger partial charge in [-0.25, -0.2) is 0 Å². The van der Waals surface area contributed by atoms with Crippen LogP contribution in [0.3, 0.4) is 0 Å². The van der Waals surface area contributed by atoms with Crippen LogP contribution in [0.2, 0.25) is 0 Å². The number of furan rings is 1. The zero-order valence-corrected chi connectivity index (χ0v) is 16.8. The van der Waals surface area contributed by atoms with E-state index in [0.29, 0.717) is 47.6 Å². The summed E-state index contributed by atoms with van der Waals surface area (Å²) in [6.07, 6.45) is 0.394. The molecule has 27 heavy (non-hydrogen) atoms. The largest absolute Gasteiger partial charge is 0.444 e. The lowest BCUT2D eigenvalue weighted by molar-refractivity contribution is -0.128. The van der Waals surface area contributed by atoms with Gasteiger partial charge in [0.1, 0.15) is 0 Å². The quantitative estimate of drug-likeness (QED) is 0.585. The molecule has 1 unspecified atom stereocenters. The molecule has 0 aliphatic carbocycles. The summed E-state index contributed by atoms with van der Waals surface area (Å²) >= 11 is 3.25. The van der Waals surface area contributed by atoms with Gasteiger partial charge in [0.2, 0.25) is 5.91 Å². The van der Waals surface area contributed by atoms with Crippen molar-refractivity contribution in [2.75, 3.05) is 6.54 Å². The van der Waals surface area contributed by atoms with Crippen molar-refractivity contribution in [3.63, 3.8) is 0 Å². The molecule has 4 rings (SSSR count). The lowest BCUT2D eigenvalue weighted by Gasteiger charge is -2.16. The fourth-order valence-electron chi connectivity index (χ4n) is 3.26. The van der Waals surface area contributed by atoms with Crippen molar-refractivity contribution < 1.29 is 13.7 Å². The molecule has 1 saturated heterocycles. The van der Waals surface area contributed by atoms with Crippen molar-refractivity contribution in [2.24, 2.45) is 0 Å². The van der Waals surface area contributed by atoms with Gasteiger partial charge in [-0.1, -0.05) is 43.3 Å². The summed E-state index contributed by atoms with van der Waals surface area (Å²) in [4.78, 5) is 18.7. The predicted octanol–water partition coefficient (Wildman–Crippen LogP) is 4.73. The standard InChI is InChI=1S/C20H20BrN3O3/c1-12(2)14-5-3-13(4-6-14)10-24-11-15(9-18(24)25)19-22-20(27-23-19)16-7-8-17(21)26-16/h3-8,12,15H,9-11H2,1-2H3. The third kappa shape index (κ3) is 3.83. The van der Waals surface area contributed by atoms with E-state index in [1.807, 2.05) is 4.90 Å². The maximum Gasteiger partial charge on any atom is 0.293 e. The monoisotopic (exact) mass is 429 g/mol. The third-order valence-electron chi connectivity index (χ3n) is 4.83. The highest BCUT2D eigenvalue weighted by atomic mass is 79.9. The topological polar surface area (TPSA) is 72.4 Å². The van der Waals surface area contributed by atoms with Gasteiger partial charge < -0.3 is 13.8 Å². The summed E-state index contributed by atoms with van der Waals surface area (Å²) in [5.41, 5.74) is 2.43. The smallest absolute Gasteiger partial charge is 0.293 e. The van der Waals surface area contributed by atoms with Crippen LogP contribution in [0.5, 0.6) is 0 Å². The minimum atomic E-state index is -0.0664. The first-order valence-corrected chi connectivity index (χ1v) is 9.75. The number of hydrogen-bond donors (Lipinski definition) is 0. The van der Waals surface area contributed by atoms with E-state index in [-0.39, 0.29) is 11.8 Å². The summed E-state index contributed by atoms with van der Waals surface area (Å²) in [5, 5.41) is 4.05. The van der Waals surface area contributed by atoms with Gasteiger partial charge in [-0.05, 0) is 45.1 Å². The molecule has 6 nitrogen and oxygen atoms in total. The van der Waals surface area contributed by atoms with E-state index >= 15 is 0 Å². The van der Waals surface area contributed by atoms with Crippen LogP contribution in [0.1, 0.15) is 49.1 Å². The Morgan fingerprint density at radius 1 is 1.22 bits per heavy atom. The molecular weight excluding hydrogens is 410 g/mol. The number of hydrogen-bond acceptors (Lipinski definition) is 5.